The van der Waals surface area contributed by atoms with E-state index >= 15 is 0 Å². The number of rotatable bonds is 4. The second-order valence-corrected chi connectivity index (χ2v) is 6.54. The zero-order chi connectivity index (χ0) is 14.7. The highest BCUT2D eigenvalue weighted by Crippen LogP contribution is 2.41. The van der Waals surface area contributed by atoms with Crippen molar-refractivity contribution in [2.24, 2.45) is 0 Å². The molecule has 110 valence electrons. The maximum Gasteiger partial charge on any atom is 0.119 e. The average Bonchev–Trinajstić information content (AvgIpc) is 2.55. The Morgan fingerprint density at radius 3 is 2.71 bits per heavy atom. The summed E-state index contributed by atoms with van der Waals surface area (Å²) >= 11 is 1.95. The summed E-state index contributed by atoms with van der Waals surface area (Å²) in [5.41, 5.74) is 2.78. The average molecular weight is 300 g/mol. The lowest BCUT2D eigenvalue weighted by molar-refractivity contribution is 0.129. The summed E-state index contributed by atoms with van der Waals surface area (Å²) in [6, 6.07) is 17.0. The van der Waals surface area contributed by atoms with Crippen molar-refractivity contribution in [2.45, 2.75) is 30.3 Å². The van der Waals surface area contributed by atoms with Crippen molar-refractivity contribution in [1.82, 2.24) is 0 Å². The molecular formula is C18H20O2S. The van der Waals surface area contributed by atoms with Gasteiger partial charge in [0.25, 0.3) is 0 Å². The number of hydrogen-bond acceptors (Lipinski definition) is 3. The van der Waals surface area contributed by atoms with Crippen LogP contribution < -0.4 is 4.74 Å². The molecule has 21 heavy (non-hydrogen) atoms. The Bertz CT molecular complexity index is 594. The van der Waals surface area contributed by atoms with Gasteiger partial charge in [0.15, 0.2) is 0 Å². The van der Waals surface area contributed by atoms with Gasteiger partial charge >= 0.3 is 0 Å². The monoisotopic (exact) mass is 300 g/mol. The third-order valence-electron chi connectivity index (χ3n) is 3.84. The van der Waals surface area contributed by atoms with Crippen molar-refractivity contribution in [2.75, 3.05) is 12.4 Å². The van der Waals surface area contributed by atoms with Crippen LogP contribution in [0.15, 0.2) is 53.4 Å². The third-order valence-corrected chi connectivity index (χ3v) is 4.96. The molecule has 0 aromatic heterocycles. The van der Waals surface area contributed by atoms with Crippen LogP contribution in [0.25, 0.3) is 0 Å². The number of thioether (sulfide) groups is 1. The van der Waals surface area contributed by atoms with Crippen molar-refractivity contribution in [3.05, 3.63) is 59.7 Å². The van der Waals surface area contributed by atoms with E-state index in [-0.39, 0.29) is 12.7 Å². The van der Waals surface area contributed by atoms with Gasteiger partial charge in [-0.05, 0) is 48.4 Å². The van der Waals surface area contributed by atoms with E-state index in [1.54, 1.807) is 0 Å². The van der Waals surface area contributed by atoms with Crippen LogP contribution in [-0.2, 0) is 0 Å². The maximum atomic E-state index is 9.04. The Morgan fingerprint density at radius 2 is 1.95 bits per heavy atom. The number of benzene rings is 2. The van der Waals surface area contributed by atoms with Crippen molar-refractivity contribution in [3.8, 4) is 5.75 Å². The van der Waals surface area contributed by atoms with E-state index in [2.05, 4.69) is 36.4 Å². The molecule has 2 unspecified atom stereocenters. The lowest BCUT2D eigenvalue weighted by Crippen LogP contribution is -2.16. The summed E-state index contributed by atoms with van der Waals surface area (Å²) in [4.78, 5) is 1.41. The van der Waals surface area contributed by atoms with E-state index in [1.165, 1.54) is 28.2 Å². The van der Waals surface area contributed by atoms with Crippen LogP contribution in [0.3, 0.4) is 0 Å². The molecule has 1 heterocycles. The molecule has 1 N–H and O–H groups in total. The minimum Gasteiger partial charge on any atom is -0.488 e. The summed E-state index contributed by atoms with van der Waals surface area (Å²) < 4.78 is 5.62. The molecule has 0 radical (unpaired) electrons. The molecule has 0 spiro atoms. The Kier molecular flexibility index (Phi) is 4.51. The van der Waals surface area contributed by atoms with E-state index < -0.39 is 0 Å². The predicted octanol–water partition coefficient (Wildman–Crippen LogP) is 4.07. The van der Waals surface area contributed by atoms with Gasteiger partial charge < -0.3 is 9.84 Å². The fourth-order valence-electron chi connectivity index (χ4n) is 2.74. The fraction of sp³-hybridized carbons (Fsp3) is 0.333. The summed E-state index contributed by atoms with van der Waals surface area (Å²) in [6.07, 6.45) is 1.01. The fourth-order valence-corrected chi connectivity index (χ4v) is 3.86. The molecule has 3 rings (SSSR count). The molecule has 0 bridgehead atoms. The first-order chi connectivity index (χ1) is 10.3. The standard InChI is InChI=1S/C18H20O2S/c1-13(12-19)20-15-8-6-14(7-9-15)16-10-11-21-18-5-3-2-4-17(16)18/h2-9,13,16,19H,10-12H2,1H3. The Morgan fingerprint density at radius 1 is 1.19 bits per heavy atom. The van der Waals surface area contributed by atoms with E-state index in [1.807, 2.05) is 30.8 Å². The van der Waals surface area contributed by atoms with E-state index in [9.17, 15) is 0 Å². The van der Waals surface area contributed by atoms with Crippen molar-refractivity contribution in [1.29, 1.82) is 0 Å². The summed E-state index contributed by atoms with van der Waals surface area (Å²) in [5, 5.41) is 9.04. The number of aliphatic hydroxyl groups is 1. The number of hydrogen-bond donors (Lipinski definition) is 1. The maximum absolute atomic E-state index is 9.04. The summed E-state index contributed by atoms with van der Waals surface area (Å²) in [5.74, 6) is 2.46. The van der Waals surface area contributed by atoms with Gasteiger partial charge in [-0.25, -0.2) is 0 Å². The lowest BCUT2D eigenvalue weighted by atomic mass is 9.89. The zero-order valence-corrected chi connectivity index (χ0v) is 13.0. The first-order valence-electron chi connectivity index (χ1n) is 7.37. The van der Waals surface area contributed by atoms with Crippen LogP contribution in [-0.4, -0.2) is 23.6 Å². The van der Waals surface area contributed by atoms with Gasteiger partial charge in [0.1, 0.15) is 11.9 Å². The van der Waals surface area contributed by atoms with Gasteiger partial charge in [0.2, 0.25) is 0 Å². The van der Waals surface area contributed by atoms with Crippen LogP contribution in [0.4, 0.5) is 0 Å². The smallest absolute Gasteiger partial charge is 0.119 e. The van der Waals surface area contributed by atoms with E-state index in [4.69, 9.17) is 9.84 Å². The third kappa shape index (κ3) is 3.25. The van der Waals surface area contributed by atoms with Gasteiger partial charge in [-0.3, -0.25) is 0 Å². The topological polar surface area (TPSA) is 29.5 Å². The molecular weight excluding hydrogens is 280 g/mol. The molecule has 0 amide bonds. The van der Waals surface area contributed by atoms with Gasteiger partial charge in [-0.1, -0.05) is 30.3 Å². The van der Waals surface area contributed by atoms with Crippen LogP contribution in [0, 0.1) is 0 Å². The van der Waals surface area contributed by atoms with Gasteiger partial charge in [0, 0.05) is 10.8 Å². The highest BCUT2D eigenvalue weighted by atomic mass is 32.2. The first-order valence-corrected chi connectivity index (χ1v) is 8.35. The first kappa shape index (κ1) is 14.5. The molecule has 0 aliphatic carbocycles. The van der Waals surface area contributed by atoms with Crippen LogP contribution in [0.2, 0.25) is 0 Å². The highest BCUT2D eigenvalue weighted by molar-refractivity contribution is 7.99. The Labute approximate surface area is 130 Å². The zero-order valence-electron chi connectivity index (χ0n) is 12.2. The predicted molar refractivity (Wildman–Crippen MR) is 87.2 cm³/mol. The van der Waals surface area contributed by atoms with E-state index in [0.717, 1.165) is 5.75 Å². The normalized spacial score (nSPS) is 18.9. The number of fused-ring (bicyclic) bond motifs is 1. The van der Waals surface area contributed by atoms with Crippen LogP contribution >= 0.6 is 11.8 Å². The minimum absolute atomic E-state index is 0.0367. The van der Waals surface area contributed by atoms with Crippen LogP contribution in [0.5, 0.6) is 5.75 Å². The van der Waals surface area contributed by atoms with Crippen molar-refractivity contribution in [3.63, 3.8) is 0 Å². The molecule has 2 aromatic carbocycles. The molecule has 2 aromatic rings. The molecule has 3 heteroatoms. The minimum atomic E-state index is -0.164. The number of ether oxygens (including phenoxy) is 1. The number of aliphatic hydroxyl groups excluding tert-OH is 1. The molecule has 1 aliphatic rings. The Hall–Kier alpha value is -1.45. The SMILES string of the molecule is CC(CO)Oc1ccc(C2CCSc3ccccc32)cc1. The lowest BCUT2D eigenvalue weighted by Gasteiger charge is -2.25. The molecule has 0 fully saturated rings. The van der Waals surface area contributed by atoms with Gasteiger partial charge in [0.05, 0.1) is 6.61 Å². The Balaban J connectivity index is 1.82. The van der Waals surface area contributed by atoms with Crippen LogP contribution in [0.1, 0.15) is 30.4 Å². The van der Waals surface area contributed by atoms with Gasteiger partial charge in [-0.2, -0.15) is 0 Å². The van der Waals surface area contributed by atoms with Crippen molar-refractivity contribution >= 4 is 11.8 Å². The van der Waals surface area contributed by atoms with E-state index in [0.29, 0.717) is 5.92 Å². The highest BCUT2D eigenvalue weighted by Gasteiger charge is 2.21. The quantitative estimate of drug-likeness (QED) is 0.923. The second-order valence-electron chi connectivity index (χ2n) is 5.41. The summed E-state index contributed by atoms with van der Waals surface area (Å²) in [6.45, 7) is 1.90. The molecule has 0 saturated heterocycles. The molecule has 2 atom stereocenters. The second kappa shape index (κ2) is 6.54. The largest absolute Gasteiger partial charge is 0.488 e. The summed E-state index contributed by atoms with van der Waals surface area (Å²) in [7, 11) is 0. The molecule has 1 aliphatic heterocycles. The molecule has 2 nitrogen and oxygen atoms in total. The van der Waals surface area contributed by atoms with Gasteiger partial charge in [-0.15, -0.1) is 11.8 Å². The van der Waals surface area contributed by atoms with Crippen molar-refractivity contribution < 1.29 is 9.84 Å². The molecule has 0 saturated carbocycles.